The van der Waals surface area contributed by atoms with Crippen molar-refractivity contribution in [3.05, 3.63) is 79.3 Å². The van der Waals surface area contributed by atoms with Gasteiger partial charge in [0.2, 0.25) is 0 Å². The first-order chi connectivity index (χ1) is 10.9. The van der Waals surface area contributed by atoms with Gasteiger partial charge in [0.05, 0.1) is 5.52 Å². The maximum atomic E-state index is 5.01. The van der Waals surface area contributed by atoms with Gasteiger partial charge in [-0.05, 0) is 23.6 Å². The van der Waals surface area contributed by atoms with Gasteiger partial charge in [0, 0.05) is 17.0 Å². The molecule has 2 aromatic heterocycles. The fourth-order valence-corrected chi connectivity index (χ4v) is 2.61. The van der Waals surface area contributed by atoms with Crippen LogP contribution >= 0.6 is 0 Å². The number of nitrogens with zero attached hydrogens (tertiary/aromatic N) is 1. The fourth-order valence-electron chi connectivity index (χ4n) is 2.61. The minimum Gasteiger partial charge on any atom is -0.443 e. The number of H-pyrrole nitrogens is 1. The molecule has 3 heteroatoms. The smallest absolute Gasteiger partial charge is 0.181 e. The fraction of sp³-hybridized carbons (Fsp3) is 0. The highest BCUT2D eigenvalue weighted by Crippen LogP contribution is 2.23. The van der Waals surface area contributed by atoms with Crippen molar-refractivity contribution in [3.8, 4) is 0 Å². The van der Waals surface area contributed by atoms with Gasteiger partial charge in [0.25, 0.3) is 0 Å². The lowest BCUT2D eigenvalue weighted by Crippen LogP contribution is -1.73. The molecular formula is C19H14N2O. The van der Waals surface area contributed by atoms with Crippen LogP contribution in [-0.4, -0.2) is 9.97 Å². The molecule has 0 fully saturated rings. The van der Waals surface area contributed by atoms with Crippen molar-refractivity contribution in [1.82, 2.24) is 9.97 Å². The summed E-state index contributed by atoms with van der Waals surface area (Å²) in [5.74, 6) is 0. The number of rotatable bonds is 0. The highest BCUT2D eigenvalue weighted by molar-refractivity contribution is 6.05. The minimum atomic E-state index is 0.845. The van der Waals surface area contributed by atoms with Crippen LogP contribution in [0.15, 0.2) is 83.7 Å². The monoisotopic (exact) mass is 286 g/mol. The molecule has 1 N–H and O–H groups in total. The van der Waals surface area contributed by atoms with Crippen LogP contribution < -0.4 is 0 Å². The summed E-state index contributed by atoms with van der Waals surface area (Å²) in [6.45, 7) is 0. The minimum absolute atomic E-state index is 0.845. The van der Waals surface area contributed by atoms with E-state index in [-0.39, 0.29) is 0 Å². The van der Waals surface area contributed by atoms with Crippen molar-refractivity contribution >= 4 is 32.8 Å². The predicted molar refractivity (Wildman–Crippen MR) is 89.8 cm³/mol. The maximum absolute atomic E-state index is 5.01. The predicted octanol–water partition coefficient (Wildman–Crippen LogP) is 5.15. The van der Waals surface area contributed by atoms with E-state index in [1.165, 1.54) is 28.1 Å². The summed E-state index contributed by atoms with van der Waals surface area (Å²) in [6, 6.07) is 22.5. The van der Waals surface area contributed by atoms with E-state index in [2.05, 4.69) is 52.4 Å². The molecule has 2 heterocycles. The molecule has 0 atom stereocenters. The highest BCUT2D eigenvalue weighted by atomic mass is 16.3. The average molecular weight is 286 g/mol. The highest BCUT2D eigenvalue weighted by Gasteiger charge is 1.98. The Morgan fingerprint density at radius 1 is 0.773 bits per heavy atom. The van der Waals surface area contributed by atoms with E-state index in [1.54, 1.807) is 0 Å². The summed E-state index contributed by atoms with van der Waals surface area (Å²) in [4.78, 5) is 7.21. The molecular weight excluding hydrogens is 272 g/mol. The average Bonchev–Trinajstić information content (AvgIpc) is 3.24. The van der Waals surface area contributed by atoms with Crippen LogP contribution in [-0.2, 0) is 0 Å². The number of hydrogen-bond donors (Lipinski definition) is 1. The number of aromatic nitrogens is 2. The third-order valence-corrected chi connectivity index (χ3v) is 3.69. The third-order valence-electron chi connectivity index (χ3n) is 3.69. The molecule has 0 amide bonds. The molecule has 0 saturated heterocycles. The van der Waals surface area contributed by atoms with Crippen molar-refractivity contribution in [3.63, 3.8) is 0 Å². The molecule has 3 aromatic carbocycles. The molecule has 3 nitrogen and oxygen atoms in total. The second kappa shape index (κ2) is 5.37. The number of benzene rings is 3. The summed E-state index contributed by atoms with van der Waals surface area (Å²) in [7, 11) is 0. The molecule has 0 aliphatic rings. The first kappa shape index (κ1) is 12.7. The lowest BCUT2D eigenvalue weighted by molar-refractivity contribution is 0.602. The normalized spacial score (nSPS) is 10.7. The Bertz CT molecular complexity index is 1010. The summed E-state index contributed by atoms with van der Waals surface area (Å²) in [5.41, 5.74) is 2.99. The number of hydrogen-bond acceptors (Lipinski definition) is 2. The Kier molecular flexibility index (Phi) is 3.09. The molecule has 0 aliphatic carbocycles. The summed E-state index contributed by atoms with van der Waals surface area (Å²) < 4.78 is 5.01. The van der Waals surface area contributed by atoms with E-state index in [9.17, 15) is 0 Å². The molecule has 0 unspecified atom stereocenters. The number of aromatic amines is 1. The number of fused-ring (bicyclic) bond motifs is 4. The van der Waals surface area contributed by atoms with Crippen LogP contribution in [0.1, 0.15) is 0 Å². The van der Waals surface area contributed by atoms with Crippen molar-refractivity contribution in [2.24, 2.45) is 0 Å². The molecule has 5 aromatic rings. The van der Waals surface area contributed by atoms with Gasteiger partial charge >= 0.3 is 0 Å². The van der Waals surface area contributed by atoms with E-state index in [1.807, 2.05) is 30.5 Å². The van der Waals surface area contributed by atoms with E-state index < -0.39 is 0 Å². The zero-order valence-electron chi connectivity index (χ0n) is 11.9. The zero-order chi connectivity index (χ0) is 14.8. The SMILES string of the molecule is c1ccc2c(c1)ccc1cc[nH]c12.c1ccc2ocnc2c1. The van der Waals surface area contributed by atoms with Gasteiger partial charge in [-0.3, -0.25) is 0 Å². The van der Waals surface area contributed by atoms with Gasteiger partial charge in [0.15, 0.2) is 12.0 Å². The van der Waals surface area contributed by atoms with Crippen LogP contribution in [0.5, 0.6) is 0 Å². The molecule has 5 rings (SSSR count). The molecule has 0 saturated carbocycles. The number of oxazole rings is 1. The molecule has 106 valence electrons. The Hall–Kier alpha value is -3.07. The van der Waals surface area contributed by atoms with Gasteiger partial charge < -0.3 is 9.40 Å². The molecule has 0 radical (unpaired) electrons. The van der Waals surface area contributed by atoms with Gasteiger partial charge in [0.1, 0.15) is 5.52 Å². The Morgan fingerprint density at radius 2 is 1.59 bits per heavy atom. The lowest BCUT2D eigenvalue weighted by atomic mass is 10.1. The third kappa shape index (κ3) is 2.23. The summed E-state index contributed by atoms with van der Waals surface area (Å²) >= 11 is 0. The largest absolute Gasteiger partial charge is 0.443 e. The van der Waals surface area contributed by atoms with E-state index in [0.29, 0.717) is 0 Å². The Labute approximate surface area is 127 Å². The van der Waals surface area contributed by atoms with Crippen molar-refractivity contribution < 1.29 is 4.42 Å². The van der Waals surface area contributed by atoms with Crippen LogP contribution in [0.3, 0.4) is 0 Å². The number of nitrogens with one attached hydrogen (secondary N) is 1. The van der Waals surface area contributed by atoms with Crippen molar-refractivity contribution in [2.45, 2.75) is 0 Å². The molecule has 0 spiro atoms. The summed E-state index contributed by atoms with van der Waals surface area (Å²) in [6.07, 6.45) is 3.43. The van der Waals surface area contributed by atoms with Crippen LogP contribution in [0.25, 0.3) is 32.8 Å². The molecule has 0 aliphatic heterocycles. The van der Waals surface area contributed by atoms with E-state index >= 15 is 0 Å². The van der Waals surface area contributed by atoms with Crippen molar-refractivity contribution in [1.29, 1.82) is 0 Å². The Balaban J connectivity index is 0.000000122. The Morgan fingerprint density at radius 3 is 2.55 bits per heavy atom. The lowest BCUT2D eigenvalue weighted by Gasteiger charge is -1.97. The quantitative estimate of drug-likeness (QED) is 0.428. The van der Waals surface area contributed by atoms with Gasteiger partial charge in [-0.2, -0.15) is 0 Å². The van der Waals surface area contributed by atoms with Gasteiger partial charge in [-0.15, -0.1) is 0 Å². The van der Waals surface area contributed by atoms with Crippen LogP contribution in [0, 0.1) is 0 Å². The van der Waals surface area contributed by atoms with Crippen LogP contribution in [0.4, 0.5) is 0 Å². The van der Waals surface area contributed by atoms with Gasteiger partial charge in [-0.25, -0.2) is 4.98 Å². The molecule has 0 bridgehead atoms. The first-order valence-electron chi connectivity index (χ1n) is 7.15. The van der Waals surface area contributed by atoms with Crippen molar-refractivity contribution in [2.75, 3.05) is 0 Å². The topological polar surface area (TPSA) is 41.8 Å². The first-order valence-corrected chi connectivity index (χ1v) is 7.15. The second-order valence-electron chi connectivity index (χ2n) is 5.05. The number of para-hydroxylation sites is 2. The maximum Gasteiger partial charge on any atom is 0.181 e. The molecule has 22 heavy (non-hydrogen) atoms. The van der Waals surface area contributed by atoms with Crippen LogP contribution in [0.2, 0.25) is 0 Å². The van der Waals surface area contributed by atoms with E-state index in [0.717, 1.165) is 11.1 Å². The standard InChI is InChI=1S/C12H9N.C7H5NO/c1-2-4-11-9(3-1)5-6-10-7-8-13-12(10)11;1-2-4-7-6(3-1)8-5-9-7/h1-8,13H;1-5H. The van der Waals surface area contributed by atoms with E-state index in [4.69, 9.17) is 4.42 Å². The van der Waals surface area contributed by atoms with Gasteiger partial charge in [-0.1, -0.05) is 48.5 Å². The zero-order valence-corrected chi connectivity index (χ0v) is 11.9. The summed E-state index contributed by atoms with van der Waals surface area (Å²) in [5, 5.41) is 3.86. The second-order valence-corrected chi connectivity index (χ2v) is 5.05.